The molecule has 4 fully saturated rings. The number of hydrogen-bond donors (Lipinski definition) is 0. The fraction of sp³-hybridized carbons (Fsp3) is 0.800. The highest BCUT2D eigenvalue weighted by Crippen LogP contribution is 2.49. The van der Waals surface area contributed by atoms with Gasteiger partial charge in [0.25, 0.3) is 0 Å². The molecule has 5 heteroatoms. The highest BCUT2D eigenvalue weighted by Gasteiger charge is 2.35. The Morgan fingerprint density at radius 3 is 2.23 bits per heavy atom. The second-order valence-corrected chi connectivity index (χ2v) is 11.9. The topological polar surface area (TPSA) is 19.0 Å². The molecule has 1 atom stereocenters. The molecule has 5 rings (SSSR count). The van der Waals surface area contributed by atoms with Crippen LogP contribution in [0.4, 0.5) is 11.4 Å². The molecule has 0 amide bonds. The summed E-state index contributed by atoms with van der Waals surface area (Å²) < 4.78 is 5.74. The van der Waals surface area contributed by atoms with E-state index in [0.717, 1.165) is 19.0 Å². The van der Waals surface area contributed by atoms with E-state index in [1.807, 2.05) is 7.11 Å². The van der Waals surface area contributed by atoms with Crippen molar-refractivity contribution in [1.82, 2.24) is 4.90 Å². The van der Waals surface area contributed by atoms with Gasteiger partial charge in [0.05, 0.1) is 6.10 Å². The first-order valence-corrected chi connectivity index (χ1v) is 14.5. The maximum absolute atomic E-state index is 5.74. The molecule has 0 bridgehead atoms. The number of halogens is 1. The number of methoxy groups -OCH3 is 1. The lowest BCUT2D eigenvalue weighted by atomic mass is 9.66. The van der Waals surface area contributed by atoms with Gasteiger partial charge in [0.2, 0.25) is 0 Å². The molecule has 35 heavy (non-hydrogen) atoms. The average molecular weight is 504 g/mol. The van der Waals surface area contributed by atoms with E-state index in [-0.39, 0.29) is 12.4 Å². The highest BCUT2D eigenvalue weighted by molar-refractivity contribution is 5.85. The van der Waals surface area contributed by atoms with E-state index in [2.05, 4.69) is 46.7 Å². The first kappa shape index (κ1) is 27.1. The van der Waals surface area contributed by atoms with Gasteiger partial charge in [-0.3, -0.25) is 4.90 Å². The van der Waals surface area contributed by atoms with Crippen LogP contribution in [0.25, 0.3) is 0 Å². The van der Waals surface area contributed by atoms with E-state index in [0.29, 0.717) is 17.4 Å². The van der Waals surface area contributed by atoms with Gasteiger partial charge in [0, 0.05) is 64.3 Å². The first-order valence-electron chi connectivity index (χ1n) is 14.5. The van der Waals surface area contributed by atoms with Crippen molar-refractivity contribution in [3.05, 3.63) is 23.8 Å². The number of ether oxygens (including phenoxy) is 1. The number of hydrogen-bond acceptors (Lipinski definition) is 4. The van der Waals surface area contributed by atoms with Crippen LogP contribution < -0.4 is 9.80 Å². The minimum atomic E-state index is 0. The zero-order valence-corrected chi connectivity index (χ0v) is 23.5. The van der Waals surface area contributed by atoms with Crippen molar-refractivity contribution in [2.24, 2.45) is 11.3 Å². The molecule has 1 aromatic rings. The maximum atomic E-state index is 5.74. The summed E-state index contributed by atoms with van der Waals surface area (Å²) in [7, 11) is 1.88. The fourth-order valence-electron chi connectivity index (χ4n) is 7.05. The number of nitrogens with zero attached hydrogens (tertiary/aromatic N) is 3. The molecule has 4 nitrogen and oxygen atoms in total. The van der Waals surface area contributed by atoms with Gasteiger partial charge in [-0.25, -0.2) is 0 Å². The van der Waals surface area contributed by atoms with Gasteiger partial charge in [0.15, 0.2) is 0 Å². The number of piperidine rings is 1. The van der Waals surface area contributed by atoms with Crippen LogP contribution in [0.5, 0.6) is 0 Å². The van der Waals surface area contributed by atoms with Gasteiger partial charge < -0.3 is 14.5 Å². The minimum absolute atomic E-state index is 0. The lowest BCUT2D eigenvalue weighted by Gasteiger charge is -2.42. The van der Waals surface area contributed by atoms with Crippen LogP contribution in [0.3, 0.4) is 0 Å². The Bertz CT molecular complexity index is 791. The molecule has 2 aliphatic carbocycles. The van der Waals surface area contributed by atoms with Crippen molar-refractivity contribution >= 4 is 23.8 Å². The zero-order chi connectivity index (χ0) is 23.5. The SMILES string of the molecule is CCC1(CC)CCC(c2cc(N3CCC[C@H](OC)C3)ccc2N2CCN(CC3CC3)CC2)CC1.Cl. The van der Waals surface area contributed by atoms with Crippen LogP contribution in [-0.4, -0.2) is 63.9 Å². The Hall–Kier alpha value is -0.970. The van der Waals surface area contributed by atoms with Crippen molar-refractivity contribution < 1.29 is 4.74 Å². The molecule has 0 unspecified atom stereocenters. The standard InChI is InChI=1S/C30H49N3O.ClH/c1-4-30(5-2)14-12-25(13-15-30)28-21-26(33-16-6-7-27(23-33)34-3)10-11-29(28)32-19-17-31(18-20-32)22-24-8-9-24;/h10-11,21,24-25,27H,4-9,12-20,22-23H2,1-3H3;1H/t27-;/m0./s1. The van der Waals surface area contributed by atoms with Crippen LogP contribution in [0.2, 0.25) is 0 Å². The minimum Gasteiger partial charge on any atom is -0.380 e. The Labute approximate surface area is 221 Å². The van der Waals surface area contributed by atoms with Gasteiger partial charge in [-0.15, -0.1) is 12.4 Å². The quantitative estimate of drug-likeness (QED) is 0.392. The van der Waals surface area contributed by atoms with Gasteiger partial charge in [0.1, 0.15) is 0 Å². The van der Waals surface area contributed by atoms with Crippen LogP contribution in [0, 0.1) is 11.3 Å². The van der Waals surface area contributed by atoms with Crippen molar-refractivity contribution in [1.29, 1.82) is 0 Å². The molecule has 0 radical (unpaired) electrons. The summed E-state index contributed by atoms with van der Waals surface area (Å²) in [6, 6.07) is 7.50. The maximum Gasteiger partial charge on any atom is 0.0746 e. The monoisotopic (exact) mass is 503 g/mol. The summed E-state index contributed by atoms with van der Waals surface area (Å²) in [5, 5.41) is 0. The van der Waals surface area contributed by atoms with E-state index >= 15 is 0 Å². The third kappa shape index (κ3) is 6.30. The second kappa shape index (κ2) is 12.0. The summed E-state index contributed by atoms with van der Waals surface area (Å²) in [5.74, 6) is 1.72. The van der Waals surface area contributed by atoms with Gasteiger partial charge in [-0.2, -0.15) is 0 Å². The van der Waals surface area contributed by atoms with Crippen LogP contribution >= 0.6 is 12.4 Å². The molecule has 2 aliphatic heterocycles. The lowest BCUT2D eigenvalue weighted by Crippen LogP contribution is -2.47. The normalized spacial score (nSPS) is 26.0. The summed E-state index contributed by atoms with van der Waals surface area (Å²) in [6.07, 6.45) is 13.9. The number of anilines is 2. The summed E-state index contributed by atoms with van der Waals surface area (Å²) in [5.41, 5.74) is 5.21. The smallest absolute Gasteiger partial charge is 0.0746 e. The predicted molar refractivity (Wildman–Crippen MR) is 152 cm³/mol. The molecule has 1 aromatic carbocycles. The third-order valence-corrected chi connectivity index (χ3v) is 10.0. The van der Waals surface area contributed by atoms with E-state index in [4.69, 9.17) is 4.74 Å². The molecule has 2 saturated heterocycles. The average Bonchev–Trinajstić information content (AvgIpc) is 3.73. The number of benzene rings is 1. The van der Waals surface area contributed by atoms with Crippen LogP contribution in [-0.2, 0) is 4.74 Å². The Morgan fingerprint density at radius 1 is 0.886 bits per heavy atom. The lowest BCUT2D eigenvalue weighted by molar-refractivity contribution is 0.0893. The van der Waals surface area contributed by atoms with E-state index in [1.165, 1.54) is 103 Å². The molecule has 0 aromatic heterocycles. The zero-order valence-electron chi connectivity index (χ0n) is 22.6. The molecular weight excluding hydrogens is 454 g/mol. The number of rotatable bonds is 8. The molecule has 2 heterocycles. The Kier molecular flexibility index (Phi) is 9.32. The summed E-state index contributed by atoms with van der Waals surface area (Å²) in [6.45, 7) is 13.2. The van der Waals surface area contributed by atoms with Gasteiger partial charge in [-0.1, -0.05) is 26.7 Å². The molecule has 0 spiro atoms. The summed E-state index contributed by atoms with van der Waals surface area (Å²) >= 11 is 0. The second-order valence-electron chi connectivity index (χ2n) is 11.9. The van der Waals surface area contributed by atoms with Crippen molar-refractivity contribution in [3.8, 4) is 0 Å². The van der Waals surface area contributed by atoms with E-state index in [1.54, 1.807) is 11.3 Å². The highest BCUT2D eigenvalue weighted by atomic mass is 35.5. The van der Waals surface area contributed by atoms with Gasteiger partial charge in [-0.05, 0) is 92.4 Å². The summed E-state index contributed by atoms with van der Waals surface area (Å²) in [4.78, 5) is 8.03. The van der Waals surface area contributed by atoms with E-state index < -0.39 is 0 Å². The predicted octanol–water partition coefficient (Wildman–Crippen LogP) is 6.72. The van der Waals surface area contributed by atoms with Crippen molar-refractivity contribution in [3.63, 3.8) is 0 Å². The van der Waals surface area contributed by atoms with Gasteiger partial charge >= 0.3 is 0 Å². The molecular formula is C30H50ClN3O. The van der Waals surface area contributed by atoms with E-state index in [9.17, 15) is 0 Å². The van der Waals surface area contributed by atoms with Crippen molar-refractivity contribution in [2.45, 2.75) is 90.1 Å². The largest absolute Gasteiger partial charge is 0.380 e. The molecule has 2 saturated carbocycles. The first-order chi connectivity index (χ1) is 16.6. The third-order valence-electron chi connectivity index (χ3n) is 10.0. The Morgan fingerprint density at radius 2 is 1.60 bits per heavy atom. The van der Waals surface area contributed by atoms with Crippen LogP contribution in [0.1, 0.15) is 89.5 Å². The molecule has 0 N–H and O–H groups in total. The molecule has 4 aliphatic rings. The number of piperazine rings is 1. The fourth-order valence-corrected chi connectivity index (χ4v) is 7.05. The van der Waals surface area contributed by atoms with Crippen molar-refractivity contribution in [2.75, 3.05) is 62.7 Å². The Balaban J connectivity index is 0.00000289. The molecule has 198 valence electrons. The van der Waals surface area contributed by atoms with Crippen LogP contribution in [0.15, 0.2) is 18.2 Å².